The van der Waals surface area contributed by atoms with Crippen LogP contribution in [0.25, 0.3) is 6.08 Å². The highest BCUT2D eigenvalue weighted by Gasteiger charge is 2.07. The Morgan fingerprint density at radius 1 is 0.913 bits per heavy atom. The zero-order valence-electron chi connectivity index (χ0n) is 13.8. The normalized spacial score (nSPS) is 10.6. The molecule has 4 nitrogen and oxygen atoms in total. The fourth-order valence-corrected chi connectivity index (χ4v) is 2.26. The molecule has 0 radical (unpaired) electrons. The summed E-state index contributed by atoms with van der Waals surface area (Å²) in [5.41, 5.74) is 2.32. The molecule has 0 aliphatic rings. The second kappa shape index (κ2) is 7.49. The minimum atomic E-state index is -0.0828. The lowest BCUT2D eigenvalue weighted by molar-refractivity contribution is 0.104. The smallest absolute Gasteiger partial charge is 0.185 e. The summed E-state index contributed by atoms with van der Waals surface area (Å²) in [5.74, 6) is 2.07. The number of benzene rings is 2. The molecule has 0 spiro atoms. The van der Waals surface area contributed by atoms with Gasteiger partial charge in [0, 0.05) is 11.1 Å². The van der Waals surface area contributed by atoms with E-state index in [0.717, 1.165) is 16.9 Å². The Bertz CT molecular complexity index is 732. The van der Waals surface area contributed by atoms with Crippen molar-refractivity contribution in [3.8, 4) is 17.2 Å². The van der Waals surface area contributed by atoms with Crippen LogP contribution in [0.4, 0.5) is 0 Å². The fourth-order valence-electron chi connectivity index (χ4n) is 2.26. The third kappa shape index (κ3) is 3.92. The molecule has 0 amide bonds. The molecule has 2 aromatic carbocycles. The van der Waals surface area contributed by atoms with Crippen molar-refractivity contribution in [3.05, 3.63) is 59.2 Å². The minimum absolute atomic E-state index is 0.0828. The zero-order chi connectivity index (χ0) is 16.8. The summed E-state index contributed by atoms with van der Waals surface area (Å²) >= 11 is 0. The first-order valence-corrected chi connectivity index (χ1v) is 7.18. The van der Waals surface area contributed by atoms with Gasteiger partial charge in [-0.2, -0.15) is 0 Å². The van der Waals surface area contributed by atoms with Crippen LogP contribution in [-0.4, -0.2) is 27.1 Å². The number of aryl methyl sites for hydroxylation is 1. The molecule has 2 rings (SSSR count). The predicted molar refractivity (Wildman–Crippen MR) is 90.6 cm³/mol. The molecule has 23 heavy (non-hydrogen) atoms. The van der Waals surface area contributed by atoms with E-state index in [1.165, 1.54) is 6.08 Å². The molecule has 0 fully saturated rings. The fraction of sp³-hybridized carbons (Fsp3) is 0.211. The lowest BCUT2D eigenvalue weighted by Crippen LogP contribution is -1.97. The topological polar surface area (TPSA) is 44.8 Å². The van der Waals surface area contributed by atoms with Crippen LogP contribution in [0.15, 0.2) is 42.5 Å². The van der Waals surface area contributed by atoms with E-state index in [1.807, 2.05) is 25.1 Å². The van der Waals surface area contributed by atoms with Crippen LogP contribution in [-0.2, 0) is 0 Å². The van der Waals surface area contributed by atoms with Crippen LogP contribution in [0.3, 0.4) is 0 Å². The molecule has 0 saturated heterocycles. The molecular weight excluding hydrogens is 292 g/mol. The van der Waals surface area contributed by atoms with Gasteiger partial charge in [0.15, 0.2) is 5.78 Å². The molecule has 0 heterocycles. The van der Waals surface area contributed by atoms with Gasteiger partial charge >= 0.3 is 0 Å². The lowest BCUT2D eigenvalue weighted by Gasteiger charge is -2.07. The van der Waals surface area contributed by atoms with Crippen molar-refractivity contribution in [2.45, 2.75) is 6.92 Å². The Hall–Kier alpha value is -2.75. The molecular formula is C19H20O4. The van der Waals surface area contributed by atoms with Crippen molar-refractivity contribution in [2.24, 2.45) is 0 Å². The van der Waals surface area contributed by atoms with Gasteiger partial charge in [0.2, 0.25) is 0 Å². The highest BCUT2D eigenvalue weighted by atomic mass is 16.5. The molecule has 120 valence electrons. The van der Waals surface area contributed by atoms with E-state index >= 15 is 0 Å². The van der Waals surface area contributed by atoms with E-state index < -0.39 is 0 Å². The van der Waals surface area contributed by atoms with Gasteiger partial charge in [-0.1, -0.05) is 0 Å². The average Bonchev–Trinajstić information content (AvgIpc) is 2.59. The number of methoxy groups -OCH3 is 3. The molecule has 0 N–H and O–H groups in total. The summed E-state index contributed by atoms with van der Waals surface area (Å²) in [6, 6.07) is 10.8. The number of ketones is 1. The number of rotatable bonds is 6. The van der Waals surface area contributed by atoms with Crippen LogP contribution in [0, 0.1) is 6.92 Å². The maximum atomic E-state index is 12.3. The van der Waals surface area contributed by atoms with Gasteiger partial charge in [0.1, 0.15) is 17.2 Å². The Morgan fingerprint density at radius 2 is 1.61 bits per heavy atom. The average molecular weight is 312 g/mol. The van der Waals surface area contributed by atoms with E-state index in [0.29, 0.717) is 17.1 Å². The summed E-state index contributed by atoms with van der Waals surface area (Å²) in [6.07, 6.45) is 3.25. The second-order valence-corrected chi connectivity index (χ2v) is 4.99. The van der Waals surface area contributed by atoms with Crippen molar-refractivity contribution in [2.75, 3.05) is 21.3 Å². The van der Waals surface area contributed by atoms with E-state index in [-0.39, 0.29) is 5.78 Å². The van der Waals surface area contributed by atoms with Crippen molar-refractivity contribution in [3.63, 3.8) is 0 Å². The minimum Gasteiger partial charge on any atom is -0.497 e. The number of carbonyl (C=O) groups excluding carboxylic acids is 1. The molecule has 0 aliphatic heterocycles. The summed E-state index contributed by atoms with van der Waals surface area (Å²) in [5, 5.41) is 0. The maximum absolute atomic E-state index is 12.3. The number of ether oxygens (including phenoxy) is 3. The van der Waals surface area contributed by atoms with Crippen LogP contribution in [0.2, 0.25) is 0 Å². The van der Waals surface area contributed by atoms with Crippen molar-refractivity contribution >= 4 is 11.9 Å². The molecule has 0 aliphatic carbocycles. The van der Waals surface area contributed by atoms with Gasteiger partial charge < -0.3 is 14.2 Å². The van der Waals surface area contributed by atoms with Crippen LogP contribution < -0.4 is 14.2 Å². The van der Waals surface area contributed by atoms with E-state index in [9.17, 15) is 4.79 Å². The maximum Gasteiger partial charge on any atom is 0.185 e. The van der Waals surface area contributed by atoms with Crippen molar-refractivity contribution in [1.29, 1.82) is 0 Å². The third-order valence-corrected chi connectivity index (χ3v) is 3.53. The third-order valence-electron chi connectivity index (χ3n) is 3.53. The molecule has 0 unspecified atom stereocenters. The number of hydrogen-bond acceptors (Lipinski definition) is 4. The van der Waals surface area contributed by atoms with Crippen molar-refractivity contribution in [1.82, 2.24) is 0 Å². The first kappa shape index (κ1) is 16.6. The zero-order valence-corrected chi connectivity index (χ0v) is 13.8. The lowest BCUT2D eigenvalue weighted by atomic mass is 10.1. The number of hydrogen-bond donors (Lipinski definition) is 0. The predicted octanol–water partition coefficient (Wildman–Crippen LogP) is 3.92. The number of carbonyl (C=O) groups is 1. The highest BCUT2D eigenvalue weighted by Crippen LogP contribution is 2.25. The van der Waals surface area contributed by atoms with Crippen LogP contribution in [0.5, 0.6) is 17.2 Å². The van der Waals surface area contributed by atoms with Gasteiger partial charge in [0.25, 0.3) is 0 Å². The first-order valence-electron chi connectivity index (χ1n) is 7.18. The monoisotopic (exact) mass is 312 g/mol. The molecule has 0 saturated carbocycles. The van der Waals surface area contributed by atoms with Gasteiger partial charge in [-0.05, 0) is 61.0 Å². The van der Waals surface area contributed by atoms with Gasteiger partial charge in [0.05, 0.1) is 21.3 Å². The van der Waals surface area contributed by atoms with Crippen molar-refractivity contribution < 1.29 is 19.0 Å². The second-order valence-electron chi connectivity index (χ2n) is 4.99. The molecule has 2 aromatic rings. The van der Waals surface area contributed by atoms with E-state index in [1.54, 1.807) is 45.6 Å². The summed E-state index contributed by atoms with van der Waals surface area (Å²) < 4.78 is 15.7. The summed E-state index contributed by atoms with van der Waals surface area (Å²) in [4.78, 5) is 12.3. The first-order chi connectivity index (χ1) is 11.1. The van der Waals surface area contributed by atoms with Gasteiger partial charge in [-0.25, -0.2) is 0 Å². The Labute approximate surface area is 136 Å². The van der Waals surface area contributed by atoms with E-state index in [2.05, 4.69) is 0 Å². The summed E-state index contributed by atoms with van der Waals surface area (Å²) in [6.45, 7) is 1.91. The molecule has 4 heteroatoms. The highest BCUT2D eigenvalue weighted by molar-refractivity contribution is 6.07. The standard InChI is InChI=1S/C19H20O4/c1-13-11-14(6-9-18(13)22-3)17(20)8-5-15-12-16(21-2)7-10-19(15)23-4/h5-12H,1-4H3/b8-5+. The SMILES string of the molecule is COc1ccc(OC)c(/C=C/C(=O)c2ccc(OC)c(C)c2)c1. The van der Waals surface area contributed by atoms with E-state index in [4.69, 9.17) is 14.2 Å². The van der Waals surface area contributed by atoms with Crippen LogP contribution >= 0.6 is 0 Å². The molecule has 0 atom stereocenters. The van der Waals surface area contributed by atoms with Gasteiger partial charge in [-0.15, -0.1) is 0 Å². The Kier molecular flexibility index (Phi) is 5.41. The Morgan fingerprint density at radius 3 is 2.22 bits per heavy atom. The largest absolute Gasteiger partial charge is 0.497 e. The number of allylic oxidation sites excluding steroid dienone is 1. The molecule has 0 bridgehead atoms. The Balaban J connectivity index is 2.26. The van der Waals surface area contributed by atoms with Gasteiger partial charge in [-0.3, -0.25) is 4.79 Å². The quantitative estimate of drug-likeness (QED) is 0.599. The summed E-state index contributed by atoms with van der Waals surface area (Å²) in [7, 11) is 4.80. The van der Waals surface area contributed by atoms with Crippen LogP contribution in [0.1, 0.15) is 21.5 Å². The molecule has 0 aromatic heterocycles.